The van der Waals surface area contributed by atoms with Crippen LogP contribution in [0.3, 0.4) is 0 Å². The molecule has 1 heterocycles. The Labute approximate surface area is 103 Å². The summed E-state index contributed by atoms with van der Waals surface area (Å²) in [7, 11) is 0. The summed E-state index contributed by atoms with van der Waals surface area (Å²) in [5.41, 5.74) is 7.10. The first kappa shape index (κ1) is 11.5. The second kappa shape index (κ2) is 4.88. The maximum atomic E-state index is 11.7. The van der Waals surface area contributed by atoms with E-state index in [1.54, 1.807) is 18.2 Å². The van der Waals surface area contributed by atoms with Gasteiger partial charge >= 0.3 is 0 Å². The Morgan fingerprint density at radius 2 is 2.29 bits per heavy atom. The molecule has 5 nitrogen and oxygen atoms in total. The summed E-state index contributed by atoms with van der Waals surface area (Å²) in [6.45, 7) is 0.303. The van der Waals surface area contributed by atoms with E-state index >= 15 is 0 Å². The number of amides is 1. The maximum absolute atomic E-state index is 11.7. The summed E-state index contributed by atoms with van der Waals surface area (Å²) in [5, 5.41) is 6.73. The molecule has 0 saturated heterocycles. The number of nitrogens with two attached hydrogens (primary N) is 1. The van der Waals surface area contributed by atoms with Crippen molar-refractivity contribution in [3.8, 4) is 0 Å². The van der Waals surface area contributed by atoms with Gasteiger partial charge in [0.25, 0.3) is 5.91 Å². The van der Waals surface area contributed by atoms with E-state index in [4.69, 9.17) is 17.3 Å². The highest BCUT2D eigenvalue weighted by Crippen LogP contribution is 2.19. The molecule has 0 radical (unpaired) electrons. The first-order valence-corrected chi connectivity index (χ1v) is 5.27. The lowest BCUT2D eigenvalue weighted by molar-refractivity contribution is 0.0950. The highest BCUT2D eigenvalue weighted by molar-refractivity contribution is 6.33. The largest absolute Gasteiger partial charge is 0.398 e. The molecule has 0 aliphatic heterocycles. The van der Waals surface area contributed by atoms with Crippen LogP contribution in [0.2, 0.25) is 5.02 Å². The SMILES string of the molecule is Nc1ccc(C(=O)NCc2ccon2)cc1Cl. The Bertz CT molecular complexity index is 526. The molecule has 0 atom stereocenters. The molecule has 1 amide bonds. The molecule has 6 heteroatoms. The highest BCUT2D eigenvalue weighted by atomic mass is 35.5. The predicted molar refractivity (Wildman–Crippen MR) is 63.5 cm³/mol. The number of hydrogen-bond donors (Lipinski definition) is 2. The molecule has 0 bridgehead atoms. The molecule has 1 aromatic heterocycles. The lowest BCUT2D eigenvalue weighted by Crippen LogP contribution is -2.22. The molecule has 0 aliphatic carbocycles. The molecule has 0 saturated carbocycles. The van der Waals surface area contributed by atoms with Gasteiger partial charge in [0.05, 0.1) is 17.3 Å². The van der Waals surface area contributed by atoms with Gasteiger partial charge in [-0.05, 0) is 18.2 Å². The van der Waals surface area contributed by atoms with Crippen LogP contribution in [0.1, 0.15) is 16.1 Å². The zero-order valence-electron chi connectivity index (χ0n) is 8.81. The third-order valence-electron chi connectivity index (χ3n) is 2.18. The Kier molecular flexibility index (Phi) is 3.30. The van der Waals surface area contributed by atoms with E-state index in [0.717, 1.165) is 0 Å². The zero-order valence-corrected chi connectivity index (χ0v) is 9.57. The topological polar surface area (TPSA) is 81.2 Å². The average molecular weight is 252 g/mol. The highest BCUT2D eigenvalue weighted by Gasteiger charge is 2.07. The molecule has 2 aromatic rings. The fourth-order valence-electron chi connectivity index (χ4n) is 1.27. The molecular weight excluding hydrogens is 242 g/mol. The molecule has 1 aromatic carbocycles. The van der Waals surface area contributed by atoms with E-state index in [9.17, 15) is 4.79 Å². The number of carbonyl (C=O) groups excluding carboxylic acids is 1. The van der Waals surface area contributed by atoms with E-state index in [2.05, 4.69) is 15.0 Å². The van der Waals surface area contributed by atoms with E-state index < -0.39 is 0 Å². The van der Waals surface area contributed by atoms with Crippen molar-refractivity contribution in [2.45, 2.75) is 6.54 Å². The molecule has 88 valence electrons. The van der Waals surface area contributed by atoms with Crippen molar-refractivity contribution in [1.29, 1.82) is 0 Å². The van der Waals surface area contributed by atoms with Crippen LogP contribution in [0.15, 0.2) is 35.1 Å². The lowest BCUT2D eigenvalue weighted by Gasteiger charge is -2.04. The van der Waals surface area contributed by atoms with Crippen LogP contribution in [-0.2, 0) is 6.54 Å². The van der Waals surface area contributed by atoms with Crippen molar-refractivity contribution in [2.24, 2.45) is 0 Å². The zero-order chi connectivity index (χ0) is 12.3. The van der Waals surface area contributed by atoms with Gasteiger partial charge in [-0.3, -0.25) is 4.79 Å². The van der Waals surface area contributed by atoms with Crippen LogP contribution in [0, 0.1) is 0 Å². The molecule has 0 spiro atoms. The fraction of sp³-hybridized carbons (Fsp3) is 0.0909. The number of aromatic nitrogens is 1. The summed E-state index contributed by atoms with van der Waals surface area (Å²) in [4.78, 5) is 11.7. The Hall–Kier alpha value is -2.01. The maximum Gasteiger partial charge on any atom is 0.251 e. The van der Waals surface area contributed by atoms with Crippen LogP contribution in [0.4, 0.5) is 5.69 Å². The lowest BCUT2D eigenvalue weighted by atomic mass is 10.2. The Morgan fingerprint density at radius 3 is 2.94 bits per heavy atom. The van der Waals surface area contributed by atoms with Crippen molar-refractivity contribution in [2.75, 3.05) is 5.73 Å². The average Bonchev–Trinajstić information content (AvgIpc) is 2.82. The van der Waals surface area contributed by atoms with E-state index in [0.29, 0.717) is 28.5 Å². The normalized spacial score (nSPS) is 10.2. The molecule has 2 rings (SSSR count). The van der Waals surface area contributed by atoms with Crippen molar-refractivity contribution < 1.29 is 9.32 Å². The van der Waals surface area contributed by atoms with Crippen LogP contribution in [0.5, 0.6) is 0 Å². The summed E-state index contributed by atoms with van der Waals surface area (Å²) in [5.74, 6) is -0.241. The second-order valence-electron chi connectivity index (χ2n) is 3.41. The van der Waals surface area contributed by atoms with Gasteiger partial charge in [0.2, 0.25) is 0 Å². The molecular formula is C11H10ClN3O2. The monoisotopic (exact) mass is 251 g/mol. The minimum atomic E-state index is -0.241. The molecule has 17 heavy (non-hydrogen) atoms. The third kappa shape index (κ3) is 2.76. The van der Waals surface area contributed by atoms with Gasteiger partial charge in [0.1, 0.15) is 12.0 Å². The van der Waals surface area contributed by atoms with Gasteiger partial charge in [0, 0.05) is 11.6 Å². The van der Waals surface area contributed by atoms with Gasteiger partial charge in [-0.25, -0.2) is 0 Å². The van der Waals surface area contributed by atoms with E-state index in [1.165, 1.54) is 12.3 Å². The predicted octanol–water partition coefficient (Wildman–Crippen LogP) is 1.84. The van der Waals surface area contributed by atoms with Crippen molar-refractivity contribution >= 4 is 23.2 Å². The summed E-state index contributed by atoms with van der Waals surface area (Å²) in [6.07, 6.45) is 1.45. The van der Waals surface area contributed by atoms with Crippen LogP contribution in [-0.4, -0.2) is 11.1 Å². The first-order chi connectivity index (χ1) is 8.16. The third-order valence-corrected chi connectivity index (χ3v) is 2.51. The van der Waals surface area contributed by atoms with Gasteiger partial charge < -0.3 is 15.6 Å². The number of halogens is 1. The smallest absolute Gasteiger partial charge is 0.251 e. The number of carbonyl (C=O) groups is 1. The minimum Gasteiger partial charge on any atom is -0.398 e. The molecule has 0 fully saturated rings. The number of nitrogens with zero attached hydrogens (tertiary/aromatic N) is 1. The van der Waals surface area contributed by atoms with Crippen molar-refractivity contribution in [3.05, 3.63) is 46.8 Å². The number of hydrogen-bond acceptors (Lipinski definition) is 4. The van der Waals surface area contributed by atoms with E-state index in [-0.39, 0.29) is 5.91 Å². The summed E-state index contributed by atoms with van der Waals surface area (Å²) < 4.78 is 4.65. The standard InChI is InChI=1S/C11H10ClN3O2/c12-9-5-7(1-2-10(9)13)11(16)14-6-8-3-4-17-15-8/h1-5H,6,13H2,(H,14,16). The van der Waals surface area contributed by atoms with Crippen LogP contribution >= 0.6 is 11.6 Å². The van der Waals surface area contributed by atoms with Gasteiger partial charge in [-0.2, -0.15) is 0 Å². The number of nitrogens with one attached hydrogen (secondary N) is 1. The summed E-state index contributed by atoms with van der Waals surface area (Å²) in [6, 6.07) is 6.40. The molecule has 0 unspecified atom stereocenters. The van der Waals surface area contributed by atoms with Gasteiger partial charge in [-0.15, -0.1) is 0 Å². The Balaban J connectivity index is 2.02. The van der Waals surface area contributed by atoms with Crippen molar-refractivity contribution in [1.82, 2.24) is 10.5 Å². The van der Waals surface area contributed by atoms with Crippen molar-refractivity contribution in [3.63, 3.8) is 0 Å². The summed E-state index contributed by atoms with van der Waals surface area (Å²) >= 11 is 5.83. The first-order valence-electron chi connectivity index (χ1n) is 4.89. The number of nitrogen functional groups attached to an aromatic ring is 1. The molecule has 0 aliphatic rings. The van der Waals surface area contributed by atoms with Crippen LogP contribution < -0.4 is 11.1 Å². The van der Waals surface area contributed by atoms with Gasteiger partial charge in [0.15, 0.2) is 0 Å². The molecule has 3 N–H and O–H groups in total. The second-order valence-corrected chi connectivity index (χ2v) is 3.82. The quantitative estimate of drug-likeness (QED) is 0.816. The number of benzene rings is 1. The number of anilines is 1. The van der Waals surface area contributed by atoms with E-state index in [1.807, 2.05) is 0 Å². The van der Waals surface area contributed by atoms with Crippen LogP contribution in [0.25, 0.3) is 0 Å². The fourth-order valence-corrected chi connectivity index (χ4v) is 1.45. The Morgan fingerprint density at radius 1 is 1.47 bits per heavy atom. The van der Waals surface area contributed by atoms with Gasteiger partial charge in [-0.1, -0.05) is 16.8 Å². The number of rotatable bonds is 3. The minimum absolute atomic E-state index is 0.241.